The van der Waals surface area contributed by atoms with Gasteiger partial charge in [0, 0.05) is 42.4 Å². The van der Waals surface area contributed by atoms with Crippen LogP contribution in [0.25, 0.3) is 92.5 Å². The van der Waals surface area contributed by atoms with Gasteiger partial charge in [0.2, 0.25) is 0 Å². The van der Waals surface area contributed by atoms with Gasteiger partial charge in [-0.05, 0) is 98.1 Å². The van der Waals surface area contributed by atoms with Gasteiger partial charge in [0.15, 0.2) is 0 Å². The van der Waals surface area contributed by atoms with Gasteiger partial charge in [-0.15, -0.1) is 11.3 Å². The second kappa shape index (κ2) is 12.3. The van der Waals surface area contributed by atoms with Crippen LogP contribution in [0.5, 0.6) is 0 Å². The molecule has 1 nitrogen and oxygen atoms in total. The van der Waals surface area contributed by atoms with E-state index in [1.54, 1.807) is 0 Å². The summed E-state index contributed by atoms with van der Waals surface area (Å²) in [5.41, 5.74) is 17.8. The Labute approximate surface area is 325 Å². The van der Waals surface area contributed by atoms with Crippen LogP contribution in [0.15, 0.2) is 188 Å². The molecule has 55 heavy (non-hydrogen) atoms. The molecule has 0 radical (unpaired) electrons. The van der Waals surface area contributed by atoms with E-state index in [0.29, 0.717) is 0 Å². The van der Waals surface area contributed by atoms with Crippen molar-refractivity contribution >= 4 is 43.2 Å². The van der Waals surface area contributed by atoms with Crippen LogP contribution in [-0.2, 0) is 5.41 Å². The zero-order valence-electron chi connectivity index (χ0n) is 30.8. The molecule has 0 aliphatic heterocycles. The molecule has 0 bridgehead atoms. The number of hydrogen-bond donors (Lipinski definition) is 0. The van der Waals surface area contributed by atoms with Crippen LogP contribution in [0.4, 0.5) is 0 Å². The van der Waals surface area contributed by atoms with E-state index >= 15 is 0 Å². The van der Waals surface area contributed by atoms with E-state index in [9.17, 15) is 0 Å². The van der Waals surface area contributed by atoms with Crippen LogP contribution in [0.1, 0.15) is 25.0 Å². The lowest BCUT2D eigenvalue weighted by atomic mass is 9.82. The molecule has 0 N–H and O–H groups in total. The average molecular weight is 720 g/mol. The van der Waals surface area contributed by atoms with Gasteiger partial charge in [0.05, 0.1) is 11.0 Å². The van der Waals surface area contributed by atoms with Crippen LogP contribution in [0.3, 0.4) is 0 Å². The first kappa shape index (κ1) is 32.0. The van der Waals surface area contributed by atoms with Crippen molar-refractivity contribution in [1.82, 2.24) is 4.57 Å². The molecule has 1 aliphatic rings. The fourth-order valence-corrected chi connectivity index (χ4v) is 10.4. The van der Waals surface area contributed by atoms with Crippen LogP contribution in [-0.4, -0.2) is 4.57 Å². The molecule has 0 saturated carbocycles. The highest BCUT2D eigenvalue weighted by molar-refractivity contribution is 7.23. The van der Waals surface area contributed by atoms with Crippen LogP contribution in [0, 0.1) is 0 Å². The standard InChI is InChI=1S/C53H37NS/c1-53(2)46-21-13-12-20-41(46)42-27-25-40(33-47(42)53)54-48-28-23-37(34-14-6-3-7-15-34)30-44(48)45-31-38(24-29-49(45)54)39-22-26-43-50(32-39)55-52(36-18-10-5-11-19-36)51(43)35-16-8-4-9-17-35/h3-33H,1-2H3. The molecule has 0 saturated heterocycles. The van der Waals surface area contributed by atoms with Crippen molar-refractivity contribution < 1.29 is 0 Å². The van der Waals surface area contributed by atoms with Crippen molar-refractivity contribution in [1.29, 1.82) is 0 Å². The fraction of sp³-hybridized carbons (Fsp3) is 0.0566. The summed E-state index contributed by atoms with van der Waals surface area (Å²) in [6.45, 7) is 4.73. The number of hydrogen-bond acceptors (Lipinski definition) is 1. The molecular formula is C53H37NS. The second-order valence-corrected chi connectivity index (χ2v) is 16.4. The summed E-state index contributed by atoms with van der Waals surface area (Å²) < 4.78 is 3.77. The predicted molar refractivity (Wildman–Crippen MR) is 235 cm³/mol. The van der Waals surface area contributed by atoms with Gasteiger partial charge < -0.3 is 4.57 Å². The lowest BCUT2D eigenvalue weighted by molar-refractivity contribution is 0.660. The van der Waals surface area contributed by atoms with E-state index in [2.05, 4.69) is 206 Å². The highest BCUT2D eigenvalue weighted by atomic mass is 32.1. The van der Waals surface area contributed by atoms with Gasteiger partial charge in [0.25, 0.3) is 0 Å². The minimum absolute atomic E-state index is 0.0739. The van der Waals surface area contributed by atoms with Crippen molar-refractivity contribution in [2.24, 2.45) is 0 Å². The van der Waals surface area contributed by atoms with E-state index in [1.165, 1.54) is 104 Å². The molecule has 2 aromatic heterocycles. The summed E-state index contributed by atoms with van der Waals surface area (Å²) in [5, 5.41) is 3.82. The summed E-state index contributed by atoms with van der Waals surface area (Å²) in [6.07, 6.45) is 0. The van der Waals surface area contributed by atoms with Crippen molar-refractivity contribution in [2.45, 2.75) is 19.3 Å². The lowest BCUT2D eigenvalue weighted by Crippen LogP contribution is -2.15. The Kier molecular flexibility index (Phi) is 7.14. The van der Waals surface area contributed by atoms with E-state index in [4.69, 9.17) is 0 Å². The minimum atomic E-state index is -0.0739. The molecule has 0 atom stereocenters. The maximum atomic E-state index is 2.48. The van der Waals surface area contributed by atoms with Crippen LogP contribution in [0.2, 0.25) is 0 Å². The molecule has 0 fully saturated rings. The van der Waals surface area contributed by atoms with Crippen molar-refractivity contribution in [3.05, 3.63) is 199 Å². The SMILES string of the molecule is CC1(C)c2ccccc2-c2ccc(-n3c4ccc(-c5ccccc5)cc4c4cc(-c5ccc6c(-c7ccccc7)c(-c7ccccc7)sc6c5)ccc43)cc21. The molecule has 0 unspecified atom stereocenters. The molecule has 2 heterocycles. The van der Waals surface area contributed by atoms with Crippen molar-refractivity contribution in [3.63, 3.8) is 0 Å². The van der Waals surface area contributed by atoms with E-state index < -0.39 is 0 Å². The summed E-state index contributed by atoms with van der Waals surface area (Å²) in [5.74, 6) is 0. The summed E-state index contributed by atoms with van der Waals surface area (Å²) in [6, 6.07) is 69.5. The number of fused-ring (bicyclic) bond motifs is 7. The predicted octanol–water partition coefficient (Wildman–Crippen LogP) is 15.0. The first-order valence-electron chi connectivity index (χ1n) is 19.1. The molecular weight excluding hydrogens is 683 g/mol. The minimum Gasteiger partial charge on any atom is -0.309 e. The van der Waals surface area contributed by atoms with Crippen molar-refractivity contribution in [3.8, 4) is 60.6 Å². The third-order valence-electron chi connectivity index (χ3n) is 11.8. The zero-order chi connectivity index (χ0) is 36.7. The highest BCUT2D eigenvalue weighted by Crippen LogP contribution is 2.50. The number of thiophene rings is 1. The monoisotopic (exact) mass is 719 g/mol. The Morgan fingerprint density at radius 3 is 1.64 bits per heavy atom. The quantitative estimate of drug-likeness (QED) is 0.167. The maximum Gasteiger partial charge on any atom is 0.0541 e. The third-order valence-corrected chi connectivity index (χ3v) is 13.0. The van der Waals surface area contributed by atoms with Crippen LogP contribution < -0.4 is 0 Å². The summed E-state index contributed by atoms with van der Waals surface area (Å²) >= 11 is 1.89. The van der Waals surface area contributed by atoms with E-state index in [1.807, 2.05) is 11.3 Å². The number of aromatic nitrogens is 1. The van der Waals surface area contributed by atoms with Gasteiger partial charge in [-0.25, -0.2) is 0 Å². The first-order chi connectivity index (χ1) is 27.0. The molecule has 10 aromatic rings. The summed E-state index contributed by atoms with van der Waals surface area (Å²) in [7, 11) is 0. The zero-order valence-corrected chi connectivity index (χ0v) is 31.6. The van der Waals surface area contributed by atoms with Gasteiger partial charge >= 0.3 is 0 Å². The largest absolute Gasteiger partial charge is 0.309 e. The Balaban J connectivity index is 1.11. The van der Waals surface area contributed by atoms with E-state index in [0.717, 1.165) is 0 Å². The maximum absolute atomic E-state index is 2.48. The normalized spacial score (nSPS) is 13.1. The average Bonchev–Trinajstić information content (AvgIpc) is 3.86. The number of rotatable bonds is 5. The number of benzene rings is 8. The van der Waals surface area contributed by atoms with Gasteiger partial charge in [-0.3, -0.25) is 0 Å². The van der Waals surface area contributed by atoms with Gasteiger partial charge in [0.1, 0.15) is 0 Å². The van der Waals surface area contributed by atoms with Gasteiger partial charge in [-0.1, -0.05) is 159 Å². The highest BCUT2D eigenvalue weighted by Gasteiger charge is 2.35. The fourth-order valence-electron chi connectivity index (χ4n) is 9.08. The molecule has 0 amide bonds. The molecule has 2 heteroatoms. The molecule has 260 valence electrons. The molecule has 0 spiro atoms. The van der Waals surface area contributed by atoms with Gasteiger partial charge in [-0.2, -0.15) is 0 Å². The first-order valence-corrected chi connectivity index (χ1v) is 19.9. The van der Waals surface area contributed by atoms with E-state index in [-0.39, 0.29) is 5.41 Å². The third kappa shape index (κ3) is 4.99. The van der Waals surface area contributed by atoms with Crippen molar-refractivity contribution in [2.75, 3.05) is 0 Å². The number of nitrogens with zero attached hydrogens (tertiary/aromatic N) is 1. The van der Waals surface area contributed by atoms with Crippen LogP contribution >= 0.6 is 11.3 Å². The second-order valence-electron chi connectivity index (χ2n) is 15.3. The Bertz CT molecular complexity index is 3090. The Morgan fingerprint density at radius 2 is 0.945 bits per heavy atom. The smallest absolute Gasteiger partial charge is 0.0541 e. The molecule has 8 aromatic carbocycles. The lowest BCUT2D eigenvalue weighted by Gasteiger charge is -2.22. The topological polar surface area (TPSA) is 4.93 Å². The Morgan fingerprint density at radius 1 is 0.400 bits per heavy atom. The Hall–Kier alpha value is -6.48. The summed E-state index contributed by atoms with van der Waals surface area (Å²) in [4.78, 5) is 1.31. The molecule has 1 aliphatic carbocycles. The molecule has 11 rings (SSSR count).